The summed E-state index contributed by atoms with van der Waals surface area (Å²) in [6, 6.07) is 0.513. The molecule has 1 atom stereocenters. The average Bonchev–Trinajstić information content (AvgIpc) is 2.35. The number of sulfone groups is 1. The molecule has 18 heavy (non-hydrogen) atoms. The van der Waals surface area contributed by atoms with E-state index in [-0.39, 0.29) is 5.75 Å². The highest BCUT2D eigenvalue weighted by molar-refractivity contribution is 7.91. The van der Waals surface area contributed by atoms with E-state index < -0.39 is 9.84 Å². The van der Waals surface area contributed by atoms with Crippen LogP contribution < -0.4 is 5.32 Å². The minimum absolute atomic E-state index is 0.271. The van der Waals surface area contributed by atoms with Gasteiger partial charge < -0.3 is 5.32 Å². The van der Waals surface area contributed by atoms with Gasteiger partial charge in [-0.15, -0.1) is 0 Å². The lowest BCUT2D eigenvalue weighted by Crippen LogP contribution is -2.43. The highest BCUT2D eigenvalue weighted by Gasteiger charge is 2.16. The van der Waals surface area contributed by atoms with Crippen LogP contribution in [-0.4, -0.2) is 57.0 Å². The number of rotatable bonds is 8. The van der Waals surface area contributed by atoms with Gasteiger partial charge in [0.1, 0.15) is 0 Å². The summed E-state index contributed by atoms with van der Waals surface area (Å²) in [7, 11) is -2.83. The van der Waals surface area contributed by atoms with E-state index in [1.807, 2.05) is 6.92 Å². The number of likely N-dealkylation sites (tertiary alicyclic amines) is 1. The van der Waals surface area contributed by atoms with E-state index in [9.17, 15) is 8.42 Å². The Morgan fingerprint density at radius 3 is 2.44 bits per heavy atom. The summed E-state index contributed by atoms with van der Waals surface area (Å²) in [5, 5.41) is 3.28. The van der Waals surface area contributed by atoms with Crippen LogP contribution in [0.5, 0.6) is 0 Å². The van der Waals surface area contributed by atoms with Gasteiger partial charge in [0.2, 0.25) is 0 Å². The smallest absolute Gasteiger partial charge is 0.151 e. The molecule has 1 fully saturated rings. The predicted molar refractivity (Wildman–Crippen MR) is 76.7 cm³/mol. The second kappa shape index (κ2) is 8.12. The lowest BCUT2D eigenvalue weighted by atomic mass is 10.1. The van der Waals surface area contributed by atoms with Crippen molar-refractivity contribution in [3.63, 3.8) is 0 Å². The first-order valence-electron chi connectivity index (χ1n) is 7.20. The van der Waals surface area contributed by atoms with Gasteiger partial charge >= 0.3 is 0 Å². The molecular weight excluding hydrogens is 248 g/mol. The van der Waals surface area contributed by atoms with Crippen LogP contribution in [-0.2, 0) is 9.84 Å². The third kappa shape index (κ3) is 6.16. The van der Waals surface area contributed by atoms with E-state index in [0.717, 1.165) is 6.54 Å². The number of nitrogens with zero attached hydrogens (tertiary/aromatic N) is 1. The molecule has 0 aromatic carbocycles. The van der Waals surface area contributed by atoms with E-state index in [2.05, 4.69) is 17.1 Å². The van der Waals surface area contributed by atoms with Gasteiger partial charge in [-0.1, -0.05) is 13.3 Å². The van der Waals surface area contributed by atoms with E-state index in [1.165, 1.54) is 32.4 Å². The summed E-state index contributed by atoms with van der Waals surface area (Å²) in [5.74, 6) is 0.587. The Balaban J connectivity index is 2.13. The molecule has 1 saturated heterocycles. The van der Waals surface area contributed by atoms with Crippen molar-refractivity contribution in [3.8, 4) is 0 Å². The molecule has 4 nitrogen and oxygen atoms in total. The van der Waals surface area contributed by atoms with Crippen molar-refractivity contribution in [2.24, 2.45) is 0 Å². The molecule has 0 bridgehead atoms. The van der Waals surface area contributed by atoms with Gasteiger partial charge in [-0.2, -0.15) is 0 Å². The second-order valence-electron chi connectivity index (χ2n) is 5.30. The maximum absolute atomic E-state index is 11.5. The molecule has 1 aliphatic rings. The fraction of sp³-hybridized carbons (Fsp3) is 1.00. The predicted octanol–water partition coefficient (Wildman–Crippen LogP) is 1.28. The Morgan fingerprint density at radius 2 is 1.83 bits per heavy atom. The molecule has 108 valence electrons. The number of hydrogen-bond donors (Lipinski definition) is 1. The van der Waals surface area contributed by atoms with Gasteiger partial charge in [-0.05, 0) is 39.3 Å². The van der Waals surface area contributed by atoms with Crippen LogP contribution in [0.2, 0.25) is 0 Å². The van der Waals surface area contributed by atoms with Crippen LogP contribution in [0.4, 0.5) is 0 Å². The summed E-state index contributed by atoms with van der Waals surface area (Å²) in [4.78, 5) is 2.50. The van der Waals surface area contributed by atoms with Crippen molar-refractivity contribution in [1.82, 2.24) is 10.2 Å². The summed E-state index contributed by atoms with van der Waals surface area (Å²) < 4.78 is 23.1. The zero-order chi connectivity index (χ0) is 13.4. The van der Waals surface area contributed by atoms with Gasteiger partial charge in [0, 0.05) is 24.9 Å². The normalized spacial score (nSPS) is 19.9. The van der Waals surface area contributed by atoms with E-state index in [4.69, 9.17) is 0 Å². The first-order valence-corrected chi connectivity index (χ1v) is 9.02. The van der Waals surface area contributed by atoms with Gasteiger partial charge in [0.15, 0.2) is 9.84 Å². The largest absolute Gasteiger partial charge is 0.314 e. The number of piperidine rings is 1. The minimum atomic E-state index is -2.83. The lowest BCUT2D eigenvalue weighted by molar-refractivity contribution is 0.171. The van der Waals surface area contributed by atoms with Crippen molar-refractivity contribution in [2.75, 3.05) is 37.7 Å². The Bertz CT molecular complexity index is 311. The third-order valence-electron chi connectivity index (χ3n) is 3.56. The third-order valence-corrected chi connectivity index (χ3v) is 5.42. The van der Waals surface area contributed by atoms with Gasteiger partial charge in [-0.25, -0.2) is 8.42 Å². The average molecular weight is 276 g/mol. The first-order chi connectivity index (χ1) is 8.55. The zero-order valence-corrected chi connectivity index (χ0v) is 12.6. The topological polar surface area (TPSA) is 49.4 Å². The first kappa shape index (κ1) is 15.9. The number of nitrogens with one attached hydrogen (secondary N) is 1. The molecule has 1 N–H and O–H groups in total. The maximum atomic E-state index is 11.5. The van der Waals surface area contributed by atoms with Crippen molar-refractivity contribution in [2.45, 2.75) is 45.6 Å². The summed E-state index contributed by atoms with van der Waals surface area (Å²) in [6.45, 7) is 7.98. The molecule has 5 heteroatoms. The quantitative estimate of drug-likeness (QED) is 0.678. The molecule has 1 aliphatic heterocycles. The summed E-state index contributed by atoms with van der Waals surface area (Å²) in [6.07, 6.45) is 4.67. The molecule has 0 aromatic rings. The summed E-state index contributed by atoms with van der Waals surface area (Å²) >= 11 is 0. The molecule has 0 radical (unpaired) electrons. The molecule has 1 rings (SSSR count). The Hall–Kier alpha value is -0.130. The van der Waals surface area contributed by atoms with Gasteiger partial charge in [0.05, 0.1) is 5.75 Å². The fourth-order valence-electron chi connectivity index (χ4n) is 2.44. The highest BCUT2D eigenvalue weighted by atomic mass is 32.2. The van der Waals surface area contributed by atoms with Crippen molar-refractivity contribution < 1.29 is 8.42 Å². The summed E-state index contributed by atoms with van der Waals surface area (Å²) in [5.41, 5.74) is 0. The molecule has 1 unspecified atom stereocenters. The van der Waals surface area contributed by atoms with Crippen molar-refractivity contribution >= 4 is 9.84 Å². The van der Waals surface area contributed by atoms with Crippen LogP contribution in [0.3, 0.4) is 0 Å². The zero-order valence-electron chi connectivity index (χ0n) is 11.8. The Morgan fingerprint density at radius 1 is 1.17 bits per heavy atom. The Kier molecular flexibility index (Phi) is 7.19. The highest BCUT2D eigenvalue weighted by Crippen LogP contribution is 2.11. The van der Waals surface area contributed by atoms with E-state index >= 15 is 0 Å². The minimum Gasteiger partial charge on any atom is -0.314 e. The van der Waals surface area contributed by atoms with E-state index in [1.54, 1.807) is 0 Å². The van der Waals surface area contributed by atoms with E-state index in [0.29, 0.717) is 24.8 Å². The number of hydrogen-bond acceptors (Lipinski definition) is 4. The Labute approximate surface area is 112 Å². The molecule has 1 heterocycles. The fourth-order valence-corrected chi connectivity index (χ4v) is 3.72. The van der Waals surface area contributed by atoms with Crippen LogP contribution in [0.15, 0.2) is 0 Å². The molecule has 0 aromatic heterocycles. The maximum Gasteiger partial charge on any atom is 0.151 e. The van der Waals surface area contributed by atoms with Gasteiger partial charge in [0.25, 0.3) is 0 Å². The standard InChI is InChI=1S/C13H28N2O2S/c1-3-10-18(16,17)11-7-14-12-13(2)15-8-5-4-6-9-15/h13-14H,3-12H2,1-2H3. The SMILES string of the molecule is CCCS(=O)(=O)CCNCC(C)N1CCCCC1. The molecule has 0 spiro atoms. The van der Waals surface area contributed by atoms with Crippen LogP contribution in [0.1, 0.15) is 39.5 Å². The van der Waals surface area contributed by atoms with Crippen LogP contribution >= 0.6 is 0 Å². The van der Waals surface area contributed by atoms with Gasteiger partial charge in [-0.3, -0.25) is 4.90 Å². The van der Waals surface area contributed by atoms with Crippen LogP contribution in [0.25, 0.3) is 0 Å². The lowest BCUT2D eigenvalue weighted by Gasteiger charge is -2.32. The molecule has 0 amide bonds. The molecule has 0 saturated carbocycles. The monoisotopic (exact) mass is 276 g/mol. The second-order valence-corrected chi connectivity index (χ2v) is 7.61. The van der Waals surface area contributed by atoms with Crippen molar-refractivity contribution in [3.05, 3.63) is 0 Å². The van der Waals surface area contributed by atoms with Crippen molar-refractivity contribution in [1.29, 1.82) is 0 Å². The molecular formula is C13H28N2O2S. The molecule has 0 aliphatic carbocycles. The van der Waals surface area contributed by atoms with Crippen LogP contribution in [0, 0.1) is 0 Å².